The number of amides is 1. The Morgan fingerprint density at radius 2 is 2.00 bits per heavy atom. The fourth-order valence-electron chi connectivity index (χ4n) is 2.57. The van der Waals surface area contributed by atoms with Crippen molar-refractivity contribution >= 4 is 49.7 Å². The van der Waals surface area contributed by atoms with Crippen LogP contribution < -0.4 is 10.2 Å². The lowest BCUT2D eigenvalue weighted by Crippen LogP contribution is -2.48. The average molecular weight is 401 g/mol. The van der Waals surface area contributed by atoms with Gasteiger partial charge in [-0.25, -0.2) is 13.4 Å². The number of thiazole rings is 1. The SMILES string of the molecule is CC(=O)Nc1ncc(S(=O)(=O)N2CCN(c3cccc(Cl)c3)CC2)s1. The van der Waals surface area contributed by atoms with Gasteiger partial charge in [-0.15, -0.1) is 0 Å². The zero-order valence-corrected chi connectivity index (χ0v) is 15.9. The smallest absolute Gasteiger partial charge is 0.254 e. The van der Waals surface area contributed by atoms with Gasteiger partial charge in [0, 0.05) is 43.8 Å². The quantitative estimate of drug-likeness (QED) is 0.851. The maximum Gasteiger partial charge on any atom is 0.254 e. The van der Waals surface area contributed by atoms with Crippen LogP contribution in [0.1, 0.15) is 6.92 Å². The van der Waals surface area contributed by atoms with Crippen molar-refractivity contribution in [2.45, 2.75) is 11.1 Å². The lowest BCUT2D eigenvalue weighted by atomic mass is 10.2. The predicted molar refractivity (Wildman–Crippen MR) is 98.8 cm³/mol. The molecule has 134 valence electrons. The van der Waals surface area contributed by atoms with Gasteiger partial charge < -0.3 is 10.2 Å². The molecule has 3 rings (SSSR count). The van der Waals surface area contributed by atoms with Gasteiger partial charge in [0.25, 0.3) is 10.0 Å². The van der Waals surface area contributed by atoms with E-state index in [1.54, 1.807) is 0 Å². The lowest BCUT2D eigenvalue weighted by molar-refractivity contribution is -0.114. The third-order valence-corrected chi connectivity index (χ3v) is 7.26. The number of carbonyl (C=O) groups excluding carboxylic acids is 1. The van der Waals surface area contributed by atoms with Crippen LogP contribution in [0.25, 0.3) is 0 Å². The van der Waals surface area contributed by atoms with Gasteiger partial charge in [0.05, 0.1) is 6.20 Å². The summed E-state index contributed by atoms with van der Waals surface area (Å²) in [5.41, 5.74) is 0.982. The molecule has 0 bridgehead atoms. The van der Waals surface area contributed by atoms with Crippen molar-refractivity contribution in [1.82, 2.24) is 9.29 Å². The molecule has 0 saturated carbocycles. The Bertz CT molecular complexity index is 876. The van der Waals surface area contributed by atoms with Crippen molar-refractivity contribution in [1.29, 1.82) is 0 Å². The van der Waals surface area contributed by atoms with Gasteiger partial charge >= 0.3 is 0 Å². The number of piperazine rings is 1. The fraction of sp³-hybridized carbons (Fsp3) is 0.333. The van der Waals surface area contributed by atoms with Gasteiger partial charge in [0.2, 0.25) is 5.91 Å². The lowest BCUT2D eigenvalue weighted by Gasteiger charge is -2.35. The van der Waals surface area contributed by atoms with Crippen LogP contribution in [0.2, 0.25) is 5.02 Å². The van der Waals surface area contributed by atoms with Crippen LogP contribution >= 0.6 is 22.9 Å². The predicted octanol–water partition coefficient (Wildman–Crippen LogP) is 2.27. The first kappa shape index (κ1) is 18.1. The Kier molecular flexibility index (Phi) is 5.28. The second kappa shape index (κ2) is 7.28. The summed E-state index contributed by atoms with van der Waals surface area (Å²) in [6.07, 6.45) is 1.29. The summed E-state index contributed by atoms with van der Waals surface area (Å²) in [5, 5.41) is 3.44. The molecule has 1 fully saturated rings. The molecule has 1 aliphatic heterocycles. The molecule has 1 N–H and O–H groups in total. The maximum absolute atomic E-state index is 12.7. The van der Waals surface area contributed by atoms with Gasteiger partial charge in [-0.1, -0.05) is 29.0 Å². The number of anilines is 2. The summed E-state index contributed by atoms with van der Waals surface area (Å²) in [7, 11) is -3.61. The first-order valence-electron chi connectivity index (χ1n) is 7.60. The molecule has 25 heavy (non-hydrogen) atoms. The zero-order chi connectivity index (χ0) is 18.0. The minimum Gasteiger partial charge on any atom is -0.369 e. The molecular formula is C15H17ClN4O3S2. The van der Waals surface area contributed by atoms with Crippen molar-refractivity contribution in [3.8, 4) is 0 Å². The number of benzene rings is 1. The van der Waals surface area contributed by atoms with E-state index in [2.05, 4.69) is 15.2 Å². The highest BCUT2D eigenvalue weighted by atomic mass is 35.5. The van der Waals surface area contributed by atoms with E-state index >= 15 is 0 Å². The monoisotopic (exact) mass is 400 g/mol. The summed E-state index contributed by atoms with van der Waals surface area (Å²) in [6.45, 7) is 3.27. The summed E-state index contributed by atoms with van der Waals surface area (Å²) >= 11 is 6.97. The first-order valence-corrected chi connectivity index (χ1v) is 10.2. The van der Waals surface area contributed by atoms with E-state index in [1.165, 1.54) is 17.4 Å². The molecule has 0 spiro atoms. The Labute approximate surface area is 155 Å². The molecule has 0 aliphatic carbocycles. The third-order valence-electron chi connectivity index (χ3n) is 3.77. The second-order valence-corrected chi connectivity index (χ2v) is 9.17. The fourth-order valence-corrected chi connectivity index (χ4v) is 5.41. The number of carbonyl (C=O) groups is 1. The number of halogens is 1. The van der Waals surface area contributed by atoms with Crippen molar-refractivity contribution in [2.75, 3.05) is 36.4 Å². The average Bonchev–Trinajstić information content (AvgIpc) is 3.03. The molecular weight excluding hydrogens is 384 g/mol. The van der Waals surface area contributed by atoms with Crippen LogP contribution in [0.15, 0.2) is 34.7 Å². The van der Waals surface area contributed by atoms with Crippen LogP contribution in [-0.2, 0) is 14.8 Å². The maximum atomic E-state index is 12.7. The minimum atomic E-state index is -3.61. The normalized spacial score (nSPS) is 16.0. The molecule has 1 saturated heterocycles. The summed E-state index contributed by atoms with van der Waals surface area (Å²) < 4.78 is 27.0. The zero-order valence-electron chi connectivity index (χ0n) is 13.5. The molecule has 10 heteroatoms. The van der Waals surface area contributed by atoms with E-state index in [9.17, 15) is 13.2 Å². The number of hydrogen-bond donors (Lipinski definition) is 1. The van der Waals surface area contributed by atoms with Crippen LogP contribution in [0, 0.1) is 0 Å². The van der Waals surface area contributed by atoms with E-state index in [1.807, 2.05) is 24.3 Å². The highest BCUT2D eigenvalue weighted by Gasteiger charge is 2.30. The molecule has 1 aromatic carbocycles. The summed E-state index contributed by atoms with van der Waals surface area (Å²) in [5.74, 6) is -0.284. The van der Waals surface area contributed by atoms with Crippen LogP contribution in [0.3, 0.4) is 0 Å². The highest BCUT2D eigenvalue weighted by Crippen LogP contribution is 2.28. The van der Waals surface area contributed by atoms with Crippen molar-refractivity contribution in [3.05, 3.63) is 35.5 Å². The van der Waals surface area contributed by atoms with Gasteiger partial charge in [0.15, 0.2) is 9.34 Å². The number of aromatic nitrogens is 1. The molecule has 1 amide bonds. The molecule has 1 aliphatic rings. The third kappa shape index (κ3) is 4.12. The molecule has 2 aromatic rings. The molecule has 2 heterocycles. The van der Waals surface area contributed by atoms with E-state index in [0.717, 1.165) is 17.0 Å². The van der Waals surface area contributed by atoms with Crippen molar-refractivity contribution in [2.24, 2.45) is 0 Å². The Balaban J connectivity index is 1.69. The number of sulfonamides is 1. The Hall–Kier alpha value is -1.68. The van der Waals surface area contributed by atoms with Gasteiger partial charge in [-0.05, 0) is 18.2 Å². The van der Waals surface area contributed by atoms with E-state index in [-0.39, 0.29) is 15.2 Å². The molecule has 0 radical (unpaired) electrons. The van der Waals surface area contributed by atoms with Crippen molar-refractivity contribution in [3.63, 3.8) is 0 Å². The molecule has 1 aromatic heterocycles. The van der Waals surface area contributed by atoms with Crippen LogP contribution in [0.5, 0.6) is 0 Å². The van der Waals surface area contributed by atoms with E-state index < -0.39 is 10.0 Å². The van der Waals surface area contributed by atoms with Crippen LogP contribution in [0.4, 0.5) is 10.8 Å². The largest absolute Gasteiger partial charge is 0.369 e. The second-order valence-electron chi connectivity index (χ2n) is 5.54. The van der Waals surface area contributed by atoms with Gasteiger partial charge in [0.1, 0.15) is 0 Å². The molecule has 7 nitrogen and oxygen atoms in total. The Morgan fingerprint density at radius 1 is 1.28 bits per heavy atom. The van der Waals surface area contributed by atoms with E-state index in [4.69, 9.17) is 11.6 Å². The number of nitrogens with zero attached hydrogens (tertiary/aromatic N) is 3. The number of nitrogens with one attached hydrogen (secondary N) is 1. The topological polar surface area (TPSA) is 82.6 Å². The Morgan fingerprint density at radius 3 is 2.64 bits per heavy atom. The first-order chi connectivity index (χ1) is 11.9. The van der Waals surface area contributed by atoms with Gasteiger partial charge in [-0.3, -0.25) is 4.79 Å². The molecule has 0 unspecified atom stereocenters. The number of rotatable bonds is 4. The standard InChI is InChI=1S/C15H17ClN4O3S2/c1-11(21)18-15-17-10-14(24-15)25(22,23)20-7-5-19(6-8-20)13-4-2-3-12(16)9-13/h2-4,9-10H,5-8H2,1H3,(H,17,18,21). The van der Waals surface area contributed by atoms with E-state index in [0.29, 0.717) is 31.2 Å². The summed E-state index contributed by atoms with van der Waals surface area (Å²) in [6, 6.07) is 7.51. The minimum absolute atomic E-state index is 0.132. The highest BCUT2D eigenvalue weighted by molar-refractivity contribution is 7.91. The molecule has 0 atom stereocenters. The van der Waals surface area contributed by atoms with Crippen molar-refractivity contribution < 1.29 is 13.2 Å². The van der Waals surface area contributed by atoms with Crippen LogP contribution in [-0.4, -0.2) is 49.8 Å². The number of hydrogen-bond acceptors (Lipinski definition) is 6. The van der Waals surface area contributed by atoms with Gasteiger partial charge in [-0.2, -0.15) is 4.31 Å². The summed E-state index contributed by atoms with van der Waals surface area (Å²) in [4.78, 5) is 17.1.